The molecular formula is C18H13Cl2N3O2. The highest BCUT2D eigenvalue weighted by molar-refractivity contribution is 6.36. The van der Waals surface area contributed by atoms with E-state index in [0.717, 1.165) is 5.56 Å². The van der Waals surface area contributed by atoms with Crippen LogP contribution in [0.2, 0.25) is 10.0 Å². The molecule has 3 rings (SSSR count). The summed E-state index contributed by atoms with van der Waals surface area (Å²) >= 11 is 12.0. The van der Waals surface area contributed by atoms with Crippen LogP contribution in [0.1, 0.15) is 10.4 Å². The zero-order valence-corrected chi connectivity index (χ0v) is 14.7. The number of rotatable bonds is 4. The molecule has 0 spiro atoms. The van der Waals surface area contributed by atoms with Crippen molar-refractivity contribution in [1.29, 1.82) is 0 Å². The predicted octanol–water partition coefficient (Wildman–Crippen LogP) is 4.71. The van der Waals surface area contributed by atoms with Crippen molar-refractivity contribution in [2.75, 3.05) is 12.4 Å². The first-order valence-electron chi connectivity index (χ1n) is 7.31. The van der Waals surface area contributed by atoms with Crippen molar-refractivity contribution in [3.8, 4) is 17.1 Å². The number of hydrogen-bond donors (Lipinski definition) is 1. The first kappa shape index (κ1) is 17.2. The number of anilines is 1. The van der Waals surface area contributed by atoms with Gasteiger partial charge in [-0.2, -0.15) is 0 Å². The Bertz CT molecular complexity index is 897. The maximum atomic E-state index is 12.3. The van der Waals surface area contributed by atoms with E-state index in [2.05, 4.69) is 15.5 Å². The second-order valence-electron chi connectivity index (χ2n) is 5.12. The molecule has 0 atom stereocenters. The molecule has 0 unspecified atom stereocenters. The molecule has 1 aromatic heterocycles. The number of benzene rings is 2. The Balaban J connectivity index is 1.76. The van der Waals surface area contributed by atoms with Gasteiger partial charge in [-0.15, -0.1) is 10.2 Å². The summed E-state index contributed by atoms with van der Waals surface area (Å²) in [4.78, 5) is 12.3. The van der Waals surface area contributed by atoms with E-state index in [0.29, 0.717) is 32.9 Å². The molecule has 0 saturated heterocycles. The minimum absolute atomic E-state index is 0.319. The van der Waals surface area contributed by atoms with Gasteiger partial charge < -0.3 is 10.1 Å². The standard InChI is InChI=1S/C18H13Cl2N3O2/c1-25-17-9-8-16(22-23-17)11-2-5-13(6-3-11)21-18(24)14-10-12(19)4-7-15(14)20/h2-10H,1H3,(H,21,24). The van der Waals surface area contributed by atoms with E-state index in [4.69, 9.17) is 27.9 Å². The second kappa shape index (κ2) is 7.51. The molecule has 5 nitrogen and oxygen atoms in total. The van der Waals surface area contributed by atoms with E-state index in [1.54, 1.807) is 30.3 Å². The zero-order valence-electron chi connectivity index (χ0n) is 13.2. The van der Waals surface area contributed by atoms with Crippen molar-refractivity contribution in [2.45, 2.75) is 0 Å². The molecule has 25 heavy (non-hydrogen) atoms. The van der Waals surface area contributed by atoms with Gasteiger partial charge in [-0.3, -0.25) is 4.79 Å². The number of carbonyl (C=O) groups is 1. The van der Waals surface area contributed by atoms with Crippen LogP contribution in [0.5, 0.6) is 5.88 Å². The number of carbonyl (C=O) groups excluding carboxylic acids is 1. The molecule has 126 valence electrons. The summed E-state index contributed by atoms with van der Waals surface area (Å²) < 4.78 is 4.99. The molecule has 0 radical (unpaired) electrons. The molecule has 0 saturated carbocycles. The molecule has 0 aliphatic heterocycles. The van der Waals surface area contributed by atoms with E-state index >= 15 is 0 Å². The molecule has 2 aromatic carbocycles. The van der Waals surface area contributed by atoms with Gasteiger partial charge in [0.15, 0.2) is 0 Å². The lowest BCUT2D eigenvalue weighted by atomic mass is 10.1. The Morgan fingerprint density at radius 3 is 2.40 bits per heavy atom. The molecule has 1 N–H and O–H groups in total. The SMILES string of the molecule is COc1ccc(-c2ccc(NC(=O)c3cc(Cl)ccc3Cl)cc2)nn1. The zero-order chi connectivity index (χ0) is 17.8. The molecule has 1 heterocycles. The molecule has 7 heteroatoms. The third kappa shape index (κ3) is 4.07. The van der Waals surface area contributed by atoms with Crippen LogP contribution in [0.4, 0.5) is 5.69 Å². The number of hydrogen-bond acceptors (Lipinski definition) is 4. The van der Waals surface area contributed by atoms with Gasteiger partial charge in [-0.1, -0.05) is 35.3 Å². The Hall–Kier alpha value is -2.63. The fourth-order valence-electron chi connectivity index (χ4n) is 2.18. The summed E-state index contributed by atoms with van der Waals surface area (Å²) in [6.07, 6.45) is 0. The van der Waals surface area contributed by atoms with Crippen LogP contribution in [-0.2, 0) is 0 Å². The van der Waals surface area contributed by atoms with E-state index in [9.17, 15) is 4.79 Å². The lowest BCUT2D eigenvalue weighted by molar-refractivity contribution is 0.102. The summed E-state index contributed by atoms with van der Waals surface area (Å²) in [5.41, 5.74) is 2.52. The van der Waals surface area contributed by atoms with Gasteiger partial charge in [0.05, 0.1) is 23.4 Å². The molecule has 1 amide bonds. The Morgan fingerprint density at radius 2 is 1.76 bits per heavy atom. The number of aromatic nitrogens is 2. The van der Waals surface area contributed by atoms with Crippen LogP contribution in [0.3, 0.4) is 0 Å². The third-order valence-corrected chi connectivity index (χ3v) is 4.03. The highest BCUT2D eigenvalue weighted by Gasteiger charge is 2.11. The summed E-state index contributed by atoms with van der Waals surface area (Å²) in [6, 6.07) is 15.5. The van der Waals surface area contributed by atoms with E-state index < -0.39 is 0 Å². The maximum absolute atomic E-state index is 12.3. The van der Waals surface area contributed by atoms with Crippen LogP contribution in [0.15, 0.2) is 54.6 Å². The fourth-order valence-corrected chi connectivity index (χ4v) is 2.55. The molecule has 0 aliphatic rings. The van der Waals surface area contributed by atoms with Gasteiger partial charge in [0, 0.05) is 22.3 Å². The molecule has 0 aliphatic carbocycles. The normalized spacial score (nSPS) is 10.4. The van der Waals surface area contributed by atoms with Crippen LogP contribution in [-0.4, -0.2) is 23.2 Å². The highest BCUT2D eigenvalue weighted by Crippen LogP contribution is 2.23. The van der Waals surface area contributed by atoms with Gasteiger partial charge in [0.2, 0.25) is 5.88 Å². The first-order valence-corrected chi connectivity index (χ1v) is 8.07. The smallest absolute Gasteiger partial charge is 0.257 e. The Kier molecular flexibility index (Phi) is 5.16. The summed E-state index contributed by atoms with van der Waals surface area (Å²) in [5.74, 6) is 0.121. The topological polar surface area (TPSA) is 64.1 Å². The summed E-state index contributed by atoms with van der Waals surface area (Å²) in [5, 5.41) is 11.6. The largest absolute Gasteiger partial charge is 0.480 e. The Morgan fingerprint density at radius 1 is 1.00 bits per heavy atom. The number of nitrogens with zero attached hydrogens (tertiary/aromatic N) is 2. The molecular weight excluding hydrogens is 361 g/mol. The summed E-state index contributed by atoms with van der Waals surface area (Å²) in [6.45, 7) is 0. The summed E-state index contributed by atoms with van der Waals surface area (Å²) in [7, 11) is 1.54. The van der Waals surface area contributed by atoms with Crippen LogP contribution in [0.25, 0.3) is 11.3 Å². The van der Waals surface area contributed by atoms with E-state index in [-0.39, 0.29) is 5.91 Å². The third-order valence-electron chi connectivity index (χ3n) is 3.46. The van der Waals surface area contributed by atoms with Gasteiger partial charge in [-0.25, -0.2) is 0 Å². The molecule has 0 bridgehead atoms. The van der Waals surface area contributed by atoms with Crippen molar-refractivity contribution in [1.82, 2.24) is 10.2 Å². The first-order chi connectivity index (χ1) is 12.1. The van der Waals surface area contributed by atoms with Gasteiger partial charge in [0.25, 0.3) is 5.91 Å². The molecule has 3 aromatic rings. The average molecular weight is 374 g/mol. The number of amides is 1. The second-order valence-corrected chi connectivity index (χ2v) is 5.96. The number of ether oxygens (including phenoxy) is 1. The quantitative estimate of drug-likeness (QED) is 0.718. The average Bonchev–Trinajstić information content (AvgIpc) is 2.64. The van der Waals surface area contributed by atoms with Crippen molar-refractivity contribution in [3.05, 3.63) is 70.2 Å². The van der Waals surface area contributed by atoms with E-state index in [1.807, 2.05) is 18.2 Å². The lowest BCUT2D eigenvalue weighted by Gasteiger charge is -2.08. The van der Waals surface area contributed by atoms with Crippen LogP contribution >= 0.6 is 23.2 Å². The van der Waals surface area contributed by atoms with Gasteiger partial charge in [-0.05, 0) is 36.4 Å². The number of methoxy groups -OCH3 is 1. The van der Waals surface area contributed by atoms with Crippen molar-refractivity contribution in [3.63, 3.8) is 0 Å². The van der Waals surface area contributed by atoms with Crippen molar-refractivity contribution >= 4 is 34.8 Å². The fraction of sp³-hybridized carbons (Fsp3) is 0.0556. The molecule has 0 fully saturated rings. The highest BCUT2D eigenvalue weighted by atomic mass is 35.5. The van der Waals surface area contributed by atoms with Crippen LogP contribution in [0, 0.1) is 0 Å². The maximum Gasteiger partial charge on any atom is 0.257 e. The van der Waals surface area contributed by atoms with Crippen LogP contribution < -0.4 is 10.1 Å². The monoisotopic (exact) mass is 373 g/mol. The minimum Gasteiger partial charge on any atom is -0.480 e. The van der Waals surface area contributed by atoms with Gasteiger partial charge in [0.1, 0.15) is 0 Å². The van der Waals surface area contributed by atoms with Crippen molar-refractivity contribution in [2.24, 2.45) is 0 Å². The van der Waals surface area contributed by atoms with E-state index in [1.165, 1.54) is 13.2 Å². The predicted molar refractivity (Wildman–Crippen MR) is 98.4 cm³/mol. The lowest BCUT2D eigenvalue weighted by Crippen LogP contribution is -2.12. The van der Waals surface area contributed by atoms with Crippen molar-refractivity contribution < 1.29 is 9.53 Å². The van der Waals surface area contributed by atoms with Gasteiger partial charge >= 0.3 is 0 Å². The minimum atomic E-state index is -0.329. The Labute approximate surface area is 154 Å². The number of halogens is 2. The number of nitrogens with one attached hydrogen (secondary N) is 1.